The number of nitrogens with zero attached hydrogens (tertiary/aromatic N) is 4. The van der Waals surface area contributed by atoms with Crippen LogP contribution >= 0.6 is 0 Å². The van der Waals surface area contributed by atoms with E-state index >= 15 is 0 Å². The average Bonchev–Trinajstić information content (AvgIpc) is 3.41. The van der Waals surface area contributed by atoms with Crippen molar-refractivity contribution in [2.24, 2.45) is 5.73 Å². The average molecular weight is 411 g/mol. The fraction of sp³-hybridized carbons (Fsp3) is 0.500. The summed E-state index contributed by atoms with van der Waals surface area (Å²) in [5.41, 5.74) is 6.88. The highest BCUT2D eigenvalue weighted by Gasteiger charge is 2.32. The first-order valence-electron chi connectivity index (χ1n) is 10.7. The molecule has 4 rings (SSSR count). The lowest BCUT2D eigenvalue weighted by molar-refractivity contribution is -0.127. The van der Waals surface area contributed by atoms with Crippen molar-refractivity contribution in [3.63, 3.8) is 0 Å². The standard InChI is InChI=1S/C22H30N6O2/c23-22(30)19-15-26(14-17-6-2-1-3-7-17)12-13-27(19)16-21(29)25-20-10-11-24-28(20)18-8-4-5-9-18/h1-3,6-7,10-11,18-19H,4-5,8-9,12-16H2,(H2,23,30)(H,25,29). The highest BCUT2D eigenvalue weighted by atomic mass is 16.2. The summed E-state index contributed by atoms with van der Waals surface area (Å²) in [6.45, 7) is 2.84. The fourth-order valence-corrected chi connectivity index (χ4v) is 4.54. The minimum atomic E-state index is -0.479. The van der Waals surface area contributed by atoms with Crippen LogP contribution in [0.15, 0.2) is 42.6 Å². The van der Waals surface area contributed by atoms with Crippen molar-refractivity contribution in [2.45, 2.75) is 44.3 Å². The summed E-state index contributed by atoms with van der Waals surface area (Å²) in [6.07, 6.45) is 6.31. The number of nitrogens with one attached hydrogen (secondary N) is 1. The predicted molar refractivity (Wildman–Crippen MR) is 115 cm³/mol. The van der Waals surface area contributed by atoms with Crippen LogP contribution in [0.4, 0.5) is 5.82 Å². The Labute approximate surface area is 177 Å². The Morgan fingerprint density at radius 3 is 2.60 bits per heavy atom. The van der Waals surface area contributed by atoms with E-state index in [2.05, 4.69) is 27.4 Å². The van der Waals surface area contributed by atoms with Crippen molar-refractivity contribution in [3.8, 4) is 0 Å². The maximum atomic E-state index is 12.7. The lowest BCUT2D eigenvalue weighted by Crippen LogP contribution is -2.59. The molecule has 1 unspecified atom stereocenters. The molecule has 2 aromatic rings. The molecule has 0 radical (unpaired) electrons. The minimum Gasteiger partial charge on any atom is -0.368 e. The highest BCUT2D eigenvalue weighted by molar-refractivity contribution is 5.92. The number of carbonyl (C=O) groups is 2. The molecule has 2 aliphatic rings. The second-order valence-corrected chi connectivity index (χ2v) is 8.26. The zero-order valence-corrected chi connectivity index (χ0v) is 17.2. The lowest BCUT2D eigenvalue weighted by atomic mass is 10.1. The van der Waals surface area contributed by atoms with E-state index in [1.54, 1.807) is 6.20 Å². The maximum Gasteiger partial charge on any atom is 0.239 e. The maximum absolute atomic E-state index is 12.7. The number of hydrogen-bond acceptors (Lipinski definition) is 5. The van der Waals surface area contributed by atoms with Crippen molar-refractivity contribution in [2.75, 3.05) is 31.5 Å². The van der Waals surface area contributed by atoms with Crippen LogP contribution in [0.3, 0.4) is 0 Å². The number of amides is 2. The van der Waals surface area contributed by atoms with E-state index in [1.165, 1.54) is 18.4 Å². The van der Waals surface area contributed by atoms with Crippen LogP contribution in [0.5, 0.6) is 0 Å². The predicted octanol–water partition coefficient (Wildman–Crippen LogP) is 1.61. The molecule has 1 aliphatic heterocycles. The van der Waals surface area contributed by atoms with Crippen molar-refractivity contribution in [3.05, 3.63) is 48.2 Å². The number of hydrogen-bond donors (Lipinski definition) is 2. The first-order valence-corrected chi connectivity index (χ1v) is 10.7. The zero-order valence-electron chi connectivity index (χ0n) is 17.2. The molecule has 1 saturated carbocycles. The van der Waals surface area contributed by atoms with Crippen LogP contribution in [0.25, 0.3) is 0 Å². The summed E-state index contributed by atoms with van der Waals surface area (Å²) in [4.78, 5) is 28.9. The van der Waals surface area contributed by atoms with E-state index in [0.29, 0.717) is 19.1 Å². The topological polar surface area (TPSA) is 96.5 Å². The number of anilines is 1. The van der Waals surface area contributed by atoms with Gasteiger partial charge in [0.15, 0.2) is 0 Å². The second-order valence-electron chi connectivity index (χ2n) is 8.26. The third-order valence-electron chi connectivity index (χ3n) is 6.11. The van der Waals surface area contributed by atoms with Crippen LogP contribution < -0.4 is 11.1 Å². The van der Waals surface area contributed by atoms with Crippen molar-refractivity contribution in [1.29, 1.82) is 0 Å². The van der Waals surface area contributed by atoms with Crippen molar-refractivity contribution < 1.29 is 9.59 Å². The Hall–Kier alpha value is -2.71. The summed E-state index contributed by atoms with van der Waals surface area (Å²) in [5.74, 6) is 0.194. The Balaban J connectivity index is 1.35. The molecule has 1 aromatic heterocycles. The lowest BCUT2D eigenvalue weighted by Gasteiger charge is -2.39. The molecule has 160 valence electrons. The first kappa shape index (κ1) is 20.6. The minimum absolute atomic E-state index is 0.141. The number of nitrogens with two attached hydrogens (primary N) is 1. The normalized spacial score (nSPS) is 21.0. The van der Waals surface area contributed by atoms with Crippen LogP contribution in [-0.2, 0) is 16.1 Å². The van der Waals surface area contributed by atoms with Gasteiger partial charge in [0.1, 0.15) is 11.9 Å². The second kappa shape index (κ2) is 9.40. The van der Waals surface area contributed by atoms with Crippen LogP contribution in [0.1, 0.15) is 37.3 Å². The fourth-order valence-electron chi connectivity index (χ4n) is 4.54. The molecule has 30 heavy (non-hydrogen) atoms. The number of rotatable bonds is 7. The van der Waals surface area contributed by atoms with Gasteiger partial charge in [-0.2, -0.15) is 5.10 Å². The van der Waals surface area contributed by atoms with Crippen LogP contribution in [0, 0.1) is 0 Å². The molecule has 2 amide bonds. The third-order valence-corrected chi connectivity index (χ3v) is 6.11. The van der Waals surface area contributed by atoms with Crippen LogP contribution in [0.2, 0.25) is 0 Å². The Morgan fingerprint density at radius 1 is 1.10 bits per heavy atom. The zero-order chi connectivity index (χ0) is 20.9. The van der Waals surface area contributed by atoms with Gasteiger partial charge in [-0.05, 0) is 18.4 Å². The van der Waals surface area contributed by atoms with E-state index < -0.39 is 11.9 Å². The van der Waals surface area contributed by atoms with Gasteiger partial charge in [-0.15, -0.1) is 0 Å². The number of benzene rings is 1. The Kier molecular flexibility index (Phi) is 6.44. The molecular formula is C22H30N6O2. The molecule has 8 nitrogen and oxygen atoms in total. The van der Waals surface area contributed by atoms with E-state index in [-0.39, 0.29) is 12.5 Å². The van der Waals surface area contributed by atoms with Gasteiger partial charge in [0.05, 0.1) is 18.8 Å². The molecule has 1 aliphatic carbocycles. The molecule has 1 saturated heterocycles. The molecule has 2 fully saturated rings. The highest BCUT2D eigenvalue weighted by Crippen LogP contribution is 2.31. The van der Waals surface area contributed by atoms with E-state index in [9.17, 15) is 9.59 Å². The van der Waals surface area contributed by atoms with E-state index in [4.69, 9.17) is 5.73 Å². The van der Waals surface area contributed by atoms with Gasteiger partial charge >= 0.3 is 0 Å². The third kappa shape index (κ3) is 4.88. The van der Waals surface area contributed by atoms with Crippen molar-refractivity contribution >= 4 is 17.6 Å². The molecule has 3 N–H and O–H groups in total. The van der Waals surface area contributed by atoms with Gasteiger partial charge < -0.3 is 11.1 Å². The number of piperazine rings is 1. The largest absolute Gasteiger partial charge is 0.368 e. The number of primary amides is 1. The summed E-state index contributed by atoms with van der Waals surface area (Å²) in [6, 6.07) is 11.9. The van der Waals surface area contributed by atoms with Gasteiger partial charge in [0.25, 0.3) is 0 Å². The SMILES string of the molecule is NC(=O)C1CN(Cc2ccccc2)CCN1CC(=O)Nc1ccnn1C1CCCC1. The smallest absolute Gasteiger partial charge is 0.239 e. The van der Waals surface area contributed by atoms with Gasteiger partial charge in [-0.1, -0.05) is 43.2 Å². The molecular weight excluding hydrogens is 380 g/mol. The molecule has 0 bridgehead atoms. The summed E-state index contributed by atoms with van der Waals surface area (Å²) < 4.78 is 1.92. The van der Waals surface area contributed by atoms with Gasteiger partial charge in [-0.25, -0.2) is 4.68 Å². The molecule has 2 heterocycles. The summed E-state index contributed by atoms with van der Waals surface area (Å²) in [5, 5.41) is 7.38. The monoisotopic (exact) mass is 410 g/mol. The molecule has 0 spiro atoms. The van der Waals surface area contributed by atoms with Gasteiger partial charge in [0, 0.05) is 32.2 Å². The van der Waals surface area contributed by atoms with Crippen molar-refractivity contribution in [1.82, 2.24) is 19.6 Å². The molecule has 1 aromatic carbocycles. The molecule has 1 atom stereocenters. The van der Waals surface area contributed by atoms with Crippen LogP contribution in [-0.4, -0.2) is 63.6 Å². The molecule has 8 heteroatoms. The van der Waals surface area contributed by atoms with E-state index in [0.717, 1.165) is 31.7 Å². The summed E-state index contributed by atoms with van der Waals surface area (Å²) in [7, 11) is 0. The first-order chi connectivity index (χ1) is 14.6. The van der Waals surface area contributed by atoms with E-state index in [1.807, 2.05) is 33.8 Å². The summed E-state index contributed by atoms with van der Waals surface area (Å²) >= 11 is 0. The number of aromatic nitrogens is 2. The Morgan fingerprint density at radius 2 is 1.87 bits per heavy atom. The Bertz CT molecular complexity index is 862. The van der Waals surface area contributed by atoms with Gasteiger partial charge in [0.2, 0.25) is 11.8 Å². The van der Waals surface area contributed by atoms with Gasteiger partial charge in [-0.3, -0.25) is 19.4 Å². The number of carbonyl (C=O) groups excluding carboxylic acids is 2. The quantitative estimate of drug-likeness (QED) is 0.723.